The van der Waals surface area contributed by atoms with E-state index in [0.717, 1.165) is 25.1 Å². The number of rotatable bonds is 2. The van der Waals surface area contributed by atoms with Gasteiger partial charge in [0.05, 0.1) is 5.92 Å². The molecule has 1 aliphatic carbocycles. The maximum absolute atomic E-state index is 12.6. The molecule has 0 bridgehead atoms. The summed E-state index contributed by atoms with van der Waals surface area (Å²) in [5.41, 5.74) is 0.964. The quantitative estimate of drug-likeness (QED) is 0.894. The molecule has 0 radical (unpaired) electrons. The number of carbonyl (C=O) groups excluding carboxylic acids is 2. The molecular formula is C16H19N3O2. The lowest BCUT2D eigenvalue weighted by Crippen LogP contribution is -2.42. The first-order valence-corrected chi connectivity index (χ1v) is 7.64. The summed E-state index contributed by atoms with van der Waals surface area (Å²) >= 11 is 0. The highest BCUT2D eigenvalue weighted by atomic mass is 16.2. The minimum atomic E-state index is -0.0323. The van der Waals surface area contributed by atoms with E-state index in [2.05, 4.69) is 5.32 Å². The lowest BCUT2D eigenvalue weighted by atomic mass is 10.0. The summed E-state index contributed by atoms with van der Waals surface area (Å²) in [6.07, 6.45) is 2.18. The summed E-state index contributed by atoms with van der Waals surface area (Å²) in [5, 5.41) is 3.00. The summed E-state index contributed by atoms with van der Waals surface area (Å²) in [6.45, 7) is 1.98. The SMILES string of the molecule is O=C(NC1CC1)N1C[C@@H]2CN(c3ccccc3)C(=O)[C@@H]2C1. The first-order valence-electron chi connectivity index (χ1n) is 7.64. The van der Waals surface area contributed by atoms with E-state index in [0.29, 0.717) is 19.1 Å². The third kappa shape index (κ3) is 2.26. The van der Waals surface area contributed by atoms with Crippen LogP contribution in [0.5, 0.6) is 0 Å². The van der Waals surface area contributed by atoms with Crippen LogP contribution in [0.4, 0.5) is 10.5 Å². The summed E-state index contributed by atoms with van der Waals surface area (Å²) in [4.78, 5) is 28.3. The predicted molar refractivity (Wildman–Crippen MR) is 78.9 cm³/mol. The number of fused-ring (bicyclic) bond motifs is 1. The fourth-order valence-electron chi connectivity index (χ4n) is 3.36. The standard InChI is InChI=1S/C16H19N3O2/c20-15-14-10-18(16(21)17-12-6-7-12)8-11(14)9-19(15)13-4-2-1-3-5-13/h1-5,11-12,14H,6-10H2,(H,17,21)/t11-,14-/m1/s1. The Bertz CT molecular complexity index is 570. The third-order valence-electron chi connectivity index (χ3n) is 4.70. The molecule has 1 aromatic carbocycles. The summed E-state index contributed by atoms with van der Waals surface area (Å²) < 4.78 is 0. The van der Waals surface area contributed by atoms with E-state index in [1.807, 2.05) is 40.1 Å². The van der Waals surface area contributed by atoms with E-state index in [-0.39, 0.29) is 23.8 Å². The summed E-state index contributed by atoms with van der Waals surface area (Å²) in [6, 6.07) is 10.2. The van der Waals surface area contributed by atoms with E-state index in [1.165, 1.54) is 0 Å². The number of nitrogens with one attached hydrogen (secondary N) is 1. The number of carbonyl (C=O) groups is 2. The van der Waals surface area contributed by atoms with E-state index >= 15 is 0 Å². The Morgan fingerprint density at radius 1 is 1.10 bits per heavy atom. The zero-order valence-electron chi connectivity index (χ0n) is 11.9. The zero-order valence-corrected chi connectivity index (χ0v) is 11.9. The van der Waals surface area contributed by atoms with Crippen molar-refractivity contribution in [2.45, 2.75) is 18.9 Å². The van der Waals surface area contributed by atoms with Gasteiger partial charge in [0.1, 0.15) is 0 Å². The predicted octanol–water partition coefficient (Wildman–Crippen LogP) is 1.45. The van der Waals surface area contributed by atoms with Crippen LogP contribution in [-0.4, -0.2) is 42.5 Å². The number of urea groups is 1. The molecule has 3 amide bonds. The van der Waals surface area contributed by atoms with Gasteiger partial charge < -0.3 is 15.1 Å². The number of hydrogen-bond acceptors (Lipinski definition) is 2. The van der Waals surface area contributed by atoms with Crippen LogP contribution in [0.15, 0.2) is 30.3 Å². The fraction of sp³-hybridized carbons (Fsp3) is 0.500. The molecule has 5 nitrogen and oxygen atoms in total. The molecule has 0 spiro atoms. The van der Waals surface area contributed by atoms with Crippen molar-refractivity contribution < 1.29 is 9.59 Å². The molecule has 2 saturated heterocycles. The minimum Gasteiger partial charge on any atom is -0.335 e. The van der Waals surface area contributed by atoms with Gasteiger partial charge in [-0.3, -0.25) is 4.79 Å². The van der Waals surface area contributed by atoms with E-state index in [4.69, 9.17) is 0 Å². The smallest absolute Gasteiger partial charge is 0.317 e. The average Bonchev–Trinajstić information content (AvgIpc) is 3.12. The molecule has 0 unspecified atom stereocenters. The lowest BCUT2D eigenvalue weighted by Gasteiger charge is -2.22. The van der Waals surface area contributed by atoms with Gasteiger partial charge in [-0.05, 0) is 25.0 Å². The van der Waals surface area contributed by atoms with Gasteiger partial charge in [-0.1, -0.05) is 18.2 Å². The highest BCUT2D eigenvalue weighted by Gasteiger charge is 2.48. The average molecular weight is 285 g/mol. The molecule has 3 fully saturated rings. The monoisotopic (exact) mass is 285 g/mol. The Morgan fingerprint density at radius 3 is 2.52 bits per heavy atom. The Balaban J connectivity index is 1.43. The van der Waals surface area contributed by atoms with Gasteiger partial charge in [0.2, 0.25) is 5.91 Å². The van der Waals surface area contributed by atoms with Crippen molar-refractivity contribution in [1.29, 1.82) is 0 Å². The Kier molecular flexibility index (Phi) is 2.87. The molecule has 5 heteroatoms. The van der Waals surface area contributed by atoms with Gasteiger partial charge in [0, 0.05) is 37.3 Å². The number of amides is 3. The van der Waals surface area contributed by atoms with Crippen molar-refractivity contribution in [3.05, 3.63) is 30.3 Å². The minimum absolute atomic E-state index is 0.00552. The number of likely N-dealkylation sites (tertiary alicyclic amines) is 1. The number of benzene rings is 1. The van der Waals surface area contributed by atoms with Crippen LogP contribution in [0, 0.1) is 11.8 Å². The second-order valence-electron chi connectivity index (χ2n) is 6.28. The fourth-order valence-corrected chi connectivity index (χ4v) is 3.36. The molecule has 1 saturated carbocycles. The highest BCUT2D eigenvalue weighted by Crippen LogP contribution is 2.35. The molecule has 4 rings (SSSR count). The Morgan fingerprint density at radius 2 is 1.86 bits per heavy atom. The van der Waals surface area contributed by atoms with Crippen molar-refractivity contribution in [2.24, 2.45) is 11.8 Å². The number of para-hydroxylation sites is 1. The van der Waals surface area contributed by atoms with Crippen LogP contribution in [0.2, 0.25) is 0 Å². The van der Waals surface area contributed by atoms with Crippen molar-refractivity contribution in [3.63, 3.8) is 0 Å². The third-order valence-corrected chi connectivity index (χ3v) is 4.70. The molecule has 2 aliphatic heterocycles. The largest absolute Gasteiger partial charge is 0.335 e. The molecular weight excluding hydrogens is 266 g/mol. The Hall–Kier alpha value is -2.04. The van der Waals surface area contributed by atoms with Crippen molar-refractivity contribution in [3.8, 4) is 0 Å². The number of hydrogen-bond donors (Lipinski definition) is 1. The topological polar surface area (TPSA) is 52.7 Å². The van der Waals surface area contributed by atoms with Crippen LogP contribution in [0.1, 0.15) is 12.8 Å². The van der Waals surface area contributed by atoms with Crippen molar-refractivity contribution in [2.75, 3.05) is 24.5 Å². The van der Waals surface area contributed by atoms with Crippen LogP contribution >= 0.6 is 0 Å². The maximum Gasteiger partial charge on any atom is 0.317 e. The van der Waals surface area contributed by atoms with Crippen LogP contribution < -0.4 is 10.2 Å². The molecule has 1 N–H and O–H groups in total. The molecule has 2 atom stereocenters. The van der Waals surface area contributed by atoms with Gasteiger partial charge >= 0.3 is 6.03 Å². The van der Waals surface area contributed by atoms with Gasteiger partial charge in [0.15, 0.2) is 0 Å². The van der Waals surface area contributed by atoms with Gasteiger partial charge in [-0.25, -0.2) is 4.79 Å². The molecule has 3 aliphatic rings. The molecule has 2 heterocycles. The second kappa shape index (κ2) is 4.76. The Labute approximate surface area is 123 Å². The highest BCUT2D eigenvalue weighted by molar-refractivity contribution is 5.98. The van der Waals surface area contributed by atoms with Gasteiger partial charge in [-0.2, -0.15) is 0 Å². The molecule has 0 aromatic heterocycles. The molecule has 21 heavy (non-hydrogen) atoms. The van der Waals surface area contributed by atoms with Gasteiger partial charge in [0.25, 0.3) is 0 Å². The zero-order chi connectivity index (χ0) is 14.4. The normalized spacial score (nSPS) is 27.9. The first kappa shape index (κ1) is 12.7. The van der Waals surface area contributed by atoms with E-state index in [1.54, 1.807) is 0 Å². The summed E-state index contributed by atoms with van der Waals surface area (Å²) in [7, 11) is 0. The molecule has 110 valence electrons. The van der Waals surface area contributed by atoms with Gasteiger partial charge in [-0.15, -0.1) is 0 Å². The summed E-state index contributed by atoms with van der Waals surface area (Å²) in [5.74, 6) is 0.394. The van der Waals surface area contributed by atoms with E-state index < -0.39 is 0 Å². The maximum atomic E-state index is 12.6. The number of nitrogens with zero attached hydrogens (tertiary/aromatic N) is 2. The first-order chi connectivity index (χ1) is 10.2. The second-order valence-corrected chi connectivity index (χ2v) is 6.28. The van der Waals surface area contributed by atoms with Crippen molar-refractivity contribution in [1.82, 2.24) is 10.2 Å². The lowest BCUT2D eigenvalue weighted by molar-refractivity contribution is -0.120. The molecule has 1 aromatic rings. The number of anilines is 1. The van der Waals surface area contributed by atoms with E-state index in [9.17, 15) is 9.59 Å². The van der Waals surface area contributed by atoms with Crippen LogP contribution in [0.25, 0.3) is 0 Å². The van der Waals surface area contributed by atoms with Crippen molar-refractivity contribution >= 4 is 17.6 Å². The van der Waals surface area contributed by atoms with Crippen LogP contribution in [0.3, 0.4) is 0 Å². The van der Waals surface area contributed by atoms with Crippen LogP contribution in [-0.2, 0) is 4.79 Å².